The van der Waals surface area contributed by atoms with Crippen molar-refractivity contribution in [3.05, 3.63) is 88.7 Å². The van der Waals surface area contributed by atoms with Crippen LogP contribution in [0.3, 0.4) is 0 Å². The molecule has 1 aromatic heterocycles. The molecular weight excluding hydrogens is 362 g/mol. The van der Waals surface area contributed by atoms with Gasteiger partial charge in [-0.3, -0.25) is 14.6 Å². The van der Waals surface area contributed by atoms with Gasteiger partial charge >= 0.3 is 0 Å². The number of benzene rings is 2. The number of aromatic nitrogens is 1. The first-order valence-corrected chi connectivity index (χ1v) is 9.63. The first-order valence-electron chi connectivity index (χ1n) is 9.63. The van der Waals surface area contributed by atoms with Crippen molar-refractivity contribution in [2.75, 3.05) is 16.8 Å². The molecule has 3 rings (SSSR count). The van der Waals surface area contributed by atoms with E-state index in [4.69, 9.17) is 0 Å². The van der Waals surface area contributed by atoms with Crippen LogP contribution in [0, 0.1) is 20.8 Å². The van der Waals surface area contributed by atoms with Crippen LogP contribution in [0.4, 0.5) is 11.4 Å². The van der Waals surface area contributed by atoms with Crippen molar-refractivity contribution in [1.82, 2.24) is 4.98 Å². The summed E-state index contributed by atoms with van der Waals surface area (Å²) in [5, 5.41) is 2.97. The van der Waals surface area contributed by atoms with Gasteiger partial charge in [0.2, 0.25) is 0 Å². The summed E-state index contributed by atoms with van der Waals surface area (Å²) in [5.74, 6) is -0.504. The predicted molar refractivity (Wildman–Crippen MR) is 117 cm³/mol. The molecular formula is C24H25N3O2. The number of rotatable bonds is 5. The SMILES string of the molecule is CCN(C(=O)c1cc(C(=O)Nc2c(C)cc(C)cc2C)ccn1)c1ccccc1. The van der Waals surface area contributed by atoms with Crippen LogP contribution >= 0.6 is 0 Å². The van der Waals surface area contributed by atoms with E-state index in [1.165, 1.54) is 6.20 Å². The van der Waals surface area contributed by atoms with Crippen LogP contribution in [-0.4, -0.2) is 23.3 Å². The standard InChI is InChI=1S/C24H25N3O2/c1-5-27(20-9-7-6-8-10-20)24(29)21-15-19(11-12-25-21)23(28)26-22-17(3)13-16(2)14-18(22)4/h6-15H,5H2,1-4H3,(H,26,28). The van der Waals surface area contributed by atoms with Gasteiger partial charge in [0.15, 0.2) is 0 Å². The van der Waals surface area contributed by atoms with E-state index >= 15 is 0 Å². The molecule has 0 fully saturated rings. The van der Waals surface area contributed by atoms with Crippen molar-refractivity contribution >= 4 is 23.2 Å². The van der Waals surface area contributed by atoms with Crippen molar-refractivity contribution in [1.29, 1.82) is 0 Å². The summed E-state index contributed by atoms with van der Waals surface area (Å²) in [5.41, 5.74) is 5.38. The number of para-hydroxylation sites is 1. The summed E-state index contributed by atoms with van der Waals surface area (Å²) in [6.45, 7) is 8.37. The van der Waals surface area contributed by atoms with Gasteiger partial charge in [0.05, 0.1) is 0 Å². The number of pyridine rings is 1. The maximum atomic E-state index is 13.0. The Morgan fingerprint density at radius 1 is 0.966 bits per heavy atom. The van der Waals surface area contributed by atoms with E-state index in [1.54, 1.807) is 17.0 Å². The number of amides is 2. The fraction of sp³-hybridized carbons (Fsp3) is 0.208. The average Bonchev–Trinajstić information content (AvgIpc) is 2.72. The lowest BCUT2D eigenvalue weighted by Crippen LogP contribution is -2.31. The van der Waals surface area contributed by atoms with E-state index in [0.717, 1.165) is 28.1 Å². The largest absolute Gasteiger partial charge is 0.322 e. The maximum Gasteiger partial charge on any atom is 0.276 e. The van der Waals surface area contributed by atoms with Gasteiger partial charge in [-0.2, -0.15) is 0 Å². The molecule has 0 saturated heterocycles. The number of anilines is 2. The Morgan fingerprint density at radius 3 is 2.24 bits per heavy atom. The lowest BCUT2D eigenvalue weighted by molar-refractivity contribution is 0.0983. The summed E-state index contributed by atoms with van der Waals surface area (Å²) in [6, 6.07) is 16.6. The van der Waals surface area contributed by atoms with Gasteiger partial charge in [0.1, 0.15) is 5.69 Å². The number of nitrogens with one attached hydrogen (secondary N) is 1. The highest BCUT2D eigenvalue weighted by Crippen LogP contribution is 2.23. The molecule has 0 radical (unpaired) electrons. The van der Waals surface area contributed by atoms with Gasteiger partial charge in [-0.05, 0) is 63.1 Å². The molecule has 2 amide bonds. The molecule has 0 aliphatic carbocycles. The molecule has 0 aliphatic heterocycles. The molecule has 148 valence electrons. The smallest absolute Gasteiger partial charge is 0.276 e. The average molecular weight is 387 g/mol. The fourth-order valence-electron chi connectivity index (χ4n) is 3.44. The number of hydrogen-bond acceptors (Lipinski definition) is 3. The van der Waals surface area contributed by atoms with E-state index < -0.39 is 0 Å². The number of carbonyl (C=O) groups excluding carboxylic acids is 2. The second-order valence-corrected chi connectivity index (χ2v) is 7.04. The normalized spacial score (nSPS) is 10.5. The van der Waals surface area contributed by atoms with Crippen LogP contribution < -0.4 is 10.2 Å². The zero-order valence-corrected chi connectivity index (χ0v) is 17.2. The van der Waals surface area contributed by atoms with Crippen LogP contribution in [0.1, 0.15) is 44.5 Å². The summed E-state index contributed by atoms with van der Waals surface area (Å²) in [7, 11) is 0. The molecule has 5 heteroatoms. The molecule has 0 aliphatic rings. The molecule has 2 aromatic carbocycles. The molecule has 5 nitrogen and oxygen atoms in total. The summed E-state index contributed by atoms with van der Waals surface area (Å²) >= 11 is 0. The van der Waals surface area contributed by atoms with E-state index in [-0.39, 0.29) is 17.5 Å². The van der Waals surface area contributed by atoms with Crippen LogP contribution in [-0.2, 0) is 0 Å². The van der Waals surface area contributed by atoms with Gasteiger partial charge in [-0.1, -0.05) is 35.9 Å². The molecule has 29 heavy (non-hydrogen) atoms. The number of aryl methyl sites for hydroxylation is 3. The molecule has 0 unspecified atom stereocenters. The minimum Gasteiger partial charge on any atom is -0.322 e. The van der Waals surface area contributed by atoms with Crippen molar-refractivity contribution in [3.63, 3.8) is 0 Å². The first-order chi connectivity index (χ1) is 13.9. The number of hydrogen-bond donors (Lipinski definition) is 1. The zero-order chi connectivity index (χ0) is 21.0. The Morgan fingerprint density at radius 2 is 1.62 bits per heavy atom. The van der Waals surface area contributed by atoms with Gasteiger partial charge in [0.25, 0.3) is 11.8 Å². The summed E-state index contributed by atoms with van der Waals surface area (Å²) in [4.78, 5) is 31.6. The highest BCUT2D eigenvalue weighted by molar-refractivity contribution is 6.09. The molecule has 0 bridgehead atoms. The molecule has 0 spiro atoms. The number of nitrogens with zero attached hydrogens (tertiary/aromatic N) is 2. The molecule has 0 saturated carbocycles. The molecule has 0 atom stereocenters. The molecule has 1 N–H and O–H groups in total. The second kappa shape index (κ2) is 8.69. The van der Waals surface area contributed by atoms with Crippen molar-refractivity contribution in [2.45, 2.75) is 27.7 Å². The summed E-state index contributed by atoms with van der Waals surface area (Å²) < 4.78 is 0. The molecule has 3 aromatic rings. The van der Waals surface area contributed by atoms with E-state index in [1.807, 2.05) is 70.2 Å². The lowest BCUT2D eigenvalue weighted by Gasteiger charge is -2.20. The van der Waals surface area contributed by atoms with Crippen molar-refractivity contribution < 1.29 is 9.59 Å². The van der Waals surface area contributed by atoms with Gasteiger partial charge in [-0.15, -0.1) is 0 Å². The molecule has 1 heterocycles. The van der Waals surface area contributed by atoms with Gasteiger partial charge < -0.3 is 10.2 Å². The first kappa shape index (κ1) is 20.3. The van der Waals surface area contributed by atoms with Crippen LogP contribution in [0.25, 0.3) is 0 Å². The predicted octanol–water partition coefficient (Wildman–Crippen LogP) is 4.93. The Kier molecular flexibility index (Phi) is 6.07. The Balaban J connectivity index is 1.85. The Hall–Kier alpha value is -3.47. The second-order valence-electron chi connectivity index (χ2n) is 7.04. The monoisotopic (exact) mass is 387 g/mol. The Bertz CT molecular complexity index is 1020. The topological polar surface area (TPSA) is 62.3 Å². The van der Waals surface area contributed by atoms with Gasteiger partial charge in [0, 0.05) is 29.7 Å². The lowest BCUT2D eigenvalue weighted by atomic mass is 10.0. The van der Waals surface area contributed by atoms with Crippen molar-refractivity contribution in [2.24, 2.45) is 0 Å². The summed E-state index contributed by atoms with van der Waals surface area (Å²) in [6.07, 6.45) is 1.50. The third kappa shape index (κ3) is 4.51. The highest BCUT2D eigenvalue weighted by Gasteiger charge is 2.19. The minimum atomic E-state index is -0.265. The fourth-order valence-corrected chi connectivity index (χ4v) is 3.44. The number of carbonyl (C=O) groups is 2. The third-order valence-corrected chi connectivity index (χ3v) is 4.79. The minimum absolute atomic E-state index is 0.237. The third-order valence-electron chi connectivity index (χ3n) is 4.79. The van der Waals surface area contributed by atoms with E-state index in [0.29, 0.717) is 12.1 Å². The quantitative estimate of drug-likeness (QED) is 0.675. The van der Waals surface area contributed by atoms with E-state index in [9.17, 15) is 9.59 Å². The highest BCUT2D eigenvalue weighted by atomic mass is 16.2. The zero-order valence-electron chi connectivity index (χ0n) is 17.2. The maximum absolute atomic E-state index is 13.0. The Labute approximate surface area is 171 Å². The van der Waals surface area contributed by atoms with Crippen molar-refractivity contribution in [3.8, 4) is 0 Å². The van der Waals surface area contributed by atoms with Crippen LogP contribution in [0.15, 0.2) is 60.8 Å². The van der Waals surface area contributed by atoms with E-state index in [2.05, 4.69) is 10.3 Å². The van der Waals surface area contributed by atoms with Crippen LogP contribution in [0.5, 0.6) is 0 Å². The van der Waals surface area contributed by atoms with Crippen LogP contribution in [0.2, 0.25) is 0 Å². The van der Waals surface area contributed by atoms with Gasteiger partial charge in [-0.25, -0.2) is 0 Å².